The second-order valence-electron chi connectivity index (χ2n) is 6.97. The Morgan fingerprint density at radius 1 is 1.30 bits per heavy atom. The number of rotatable bonds is 6. The lowest BCUT2D eigenvalue weighted by Crippen LogP contribution is -2.39. The number of nitrogens with zero attached hydrogens (tertiary/aromatic N) is 3. The van der Waals surface area contributed by atoms with Crippen molar-refractivity contribution >= 4 is 11.9 Å². The van der Waals surface area contributed by atoms with Crippen LogP contribution in [0.4, 0.5) is 0 Å². The Labute approximate surface area is 158 Å². The fourth-order valence-electron chi connectivity index (χ4n) is 3.60. The molecule has 0 spiro atoms. The van der Waals surface area contributed by atoms with Gasteiger partial charge < -0.3 is 14.7 Å². The van der Waals surface area contributed by atoms with Gasteiger partial charge in [0.25, 0.3) is 0 Å². The molecular formula is C20H25N3O4. The number of benzene rings is 1. The molecule has 144 valence electrons. The van der Waals surface area contributed by atoms with Crippen molar-refractivity contribution in [2.45, 2.75) is 38.1 Å². The SMILES string of the molecule is COc1ccccc1C(C)CC(=O)N1CCC(n2cc(C(=O)O)cn2)CC1. The number of carboxylic acids is 1. The molecule has 2 heterocycles. The number of hydrogen-bond acceptors (Lipinski definition) is 4. The minimum Gasteiger partial charge on any atom is -0.496 e. The van der Waals surface area contributed by atoms with E-state index in [0.717, 1.165) is 24.2 Å². The largest absolute Gasteiger partial charge is 0.496 e. The molecule has 0 radical (unpaired) electrons. The average Bonchev–Trinajstić information content (AvgIpc) is 3.18. The minimum atomic E-state index is -0.973. The summed E-state index contributed by atoms with van der Waals surface area (Å²) in [7, 11) is 1.64. The van der Waals surface area contributed by atoms with Gasteiger partial charge in [-0.05, 0) is 30.4 Å². The van der Waals surface area contributed by atoms with E-state index in [1.807, 2.05) is 36.1 Å². The van der Waals surface area contributed by atoms with Crippen LogP contribution in [0.1, 0.15) is 54.1 Å². The van der Waals surface area contributed by atoms with Gasteiger partial charge in [0.15, 0.2) is 0 Å². The van der Waals surface area contributed by atoms with E-state index in [1.165, 1.54) is 6.20 Å². The fourth-order valence-corrected chi connectivity index (χ4v) is 3.60. The molecule has 7 nitrogen and oxygen atoms in total. The first-order chi connectivity index (χ1) is 13.0. The van der Waals surface area contributed by atoms with E-state index >= 15 is 0 Å². The highest BCUT2D eigenvalue weighted by atomic mass is 16.5. The molecule has 1 aromatic carbocycles. The second kappa shape index (κ2) is 8.24. The standard InChI is InChI=1S/C20H25N3O4/c1-14(17-5-3-4-6-18(17)27-2)11-19(24)22-9-7-16(8-10-22)23-13-15(12-21-23)20(25)26/h3-6,12-14,16H,7-11H2,1-2H3,(H,25,26). The summed E-state index contributed by atoms with van der Waals surface area (Å²) in [5.74, 6) is 0.0535. The molecule has 27 heavy (non-hydrogen) atoms. The van der Waals surface area contributed by atoms with Crippen LogP contribution in [0.3, 0.4) is 0 Å². The van der Waals surface area contributed by atoms with E-state index < -0.39 is 5.97 Å². The van der Waals surface area contributed by atoms with Crippen LogP contribution in [0.25, 0.3) is 0 Å². The number of likely N-dealkylation sites (tertiary alicyclic amines) is 1. The normalized spacial score (nSPS) is 16.1. The van der Waals surface area contributed by atoms with Crippen LogP contribution >= 0.6 is 0 Å². The Hall–Kier alpha value is -2.83. The molecule has 0 bridgehead atoms. The van der Waals surface area contributed by atoms with Crippen molar-refractivity contribution in [3.63, 3.8) is 0 Å². The Morgan fingerprint density at radius 3 is 2.63 bits per heavy atom. The molecule has 1 atom stereocenters. The zero-order valence-corrected chi connectivity index (χ0v) is 15.7. The number of carbonyl (C=O) groups excluding carboxylic acids is 1. The number of aromatic nitrogens is 2. The Bertz CT molecular complexity index is 809. The van der Waals surface area contributed by atoms with Gasteiger partial charge in [0, 0.05) is 25.7 Å². The number of methoxy groups -OCH3 is 1. The second-order valence-corrected chi connectivity index (χ2v) is 6.97. The molecule has 1 aliphatic rings. The number of carboxylic acid groups (broad SMARTS) is 1. The number of para-hydroxylation sites is 1. The highest BCUT2D eigenvalue weighted by Crippen LogP contribution is 2.30. The quantitative estimate of drug-likeness (QED) is 0.844. The van der Waals surface area contributed by atoms with Crippen LogP contribution in [0.2, 0.25) is 0 Å². The zero-order chi connectivity index (χ0) is 19.4. The van der Waals surface area contributed by atoms with Crippen molar-refractivity contribution in [3.8, 4) is 5.75 Å². The number of carbonyl (C=O) groups is 2. The molecule has 3 rings (SSSR count). The summed E-state index contributed by atoms with van der Waals surface area (Å²) in [6.45, 7) is 3.36. The molecule has 7 heteroatoms. The maximum Gasteiger partial charge on any atom is 0.338 e. The number of ether oxygens (including phenoxy) is 1. The van der Waals surface area contributed by atoms with E-state index in [1.54, 1.807) is 18.0 Å². The molecule has 1 amide bonds. The summed E-state index contributed by atoms with van der Waals surface area (Å²) < 4.78 is 7.11. The maximum absolute atomic E-state index is 12.7. The lowest BCUT2D eigenvalue weighted by atomic mass is 9.95. The number of piperidine rings is 1. The van der Waals surface area contributed by atoms with Gasteiger partial charge in [-0.15, -0.1) is 0 Å². The van der Waals surface area contributed by atoms with Gasteiger partial charge in [0.1, 0.15) is 5.75 Å². The third kappa shape index (κ3) is 4.30. The van der Waals surface area contributed by atoms with Crippen LogP contribution < -0.4 is 4.74 Å². The number of aromatic carboxylic acids is 1. The zero-order valence-electron chi connectivity index (χ0n) is 15.7. The van der Waals surface area contributed by atoms with E-state index in [4.69, 9.17) is 9.84 Å². The smallest absolute Gasteiger partial charge is 0.338 e. The lowest BCUT2D eigenvalue weighted by Gasteiger charge is -2.33. The van der Waals surface area contributed by atoms with Gasteiger partial charge in [-0.3, -0.25) is 9.48 Å². The molecule has 0 saturated carbocycles. The fraction of sp³-hybridized carbons (Fsp3) is 0.450. The first-order valence-electron chi connectivity index (χ1n) is 9.17. The first-order valence-corrected chi connectivity index (χ1v) is 9.17. The van der Waals surface area contributed by atoms with Crippen LogP contribution in [0.5, 0.6) is 5.75 Å². The molecule has 1 N–H and O–H groups in total. The monoisotopic (exact) mass is 371 g/mol. The van der Waals surface area contributed by atoms with Crippen molar-refractivity contribution in [2.24, 2.45) is 0 Å². The highest BCUT2D eigenvalue weighted by Gasteiger charge is 2.26. The molecule has 1 aliphatic heterocycles. The first kappa shape index (κ1) is 18.9. The summed E-state index contributed by atoms with van der Waals surface area (Å²) in [6.07, 6.45) is 4.92. The van der Waals surface area contributed by atoms with Gasteiger partial charge in [-0.2, -0.15) is 5.10 Å². The molecular weight excluding hydrogens is 346 g/mol. The molecule has 1 saturated heterocycles. The van der Waals surface area contributed by atoms with Crippen molar-refractivity contribution in [2.75, 3.05) is 20.2 Å². The van der Waals surface area contributed by atoms with Crippen molar-refractivity contribution in [1.82, 2.24) is 14.7 Å². The predicted octanol–water partition coefficient (Wildman–Crippen LogP) is 2.95. The van der Waals surface area contributed by atoms with Gasteiger partial charge in [0.2, 0.25) is 5.91 Å². The van der Waals surface area contributed by atoms with E-state index in [9.17, 15) is 9.59 Å². The number of hydrogen-bond donors (Lipinski definition) is 1. The van der Waals surface area contributed by atoms with Gasteiger partial charge in [0.05, 0.1) is 24.9 Å². The van der Waals surface area contributed by atoms with Gasteiger partial charge in [-0.1, -0.05) is 25.1 Å². The van der Waals surface area contributed by atoms with E-state index in [-0.39, 0.29) is 23.4 Å². The number of amides is 1. The molecule has 0 aliphatic carbocycles. The highest BCUT2D eigenvalue weighted by molar-refractivity contribution is 5.86. The van der Waals surface area contributed by atoms with Crippen molar-refractivity contribution in [3.05, 3.63) is 47.8 Å². The average molecular weight is 371 g/mol. The van der Waals surface area contributed by atoms with Gasteiger partial charge in [-0.25, -0.2) is 4.79 Å². The topological polar surface area (TPSA) is 84.7 Å². The Kier molecular flexibility index (Phi) is 5.78. The summed E-state index contributed by atoms with van der Waals surface area (Å²) in [5, 5.41) is 13.2. The maximum atomic E-state index is 12.7. The molecule has 2 aromatic rings. The van der Waals surface area contributed by atoms with E-state index in [0.29, 0.717) is 19.5 Å². The Morgan fingerprint density at radius 2 is 2.00 bits per heavy atom. The third-order valence-electron chi connectivity index (χ3n) is 5.19. The Balaban J connectivity index is 1.55. The summed E-state index contributed by atoms with van der Waals surface area (Å²) in [6, 6.07) is 7.93. The molecule has 1 unspecified atom stereocenters. The van der Waals surface area contributed by atoms with Crippen LogP contribution in [0, 0.1) is 0 Å². The molecule has 1 aromatic heterocycles. The van der Waals surface area contributed by atoms with Crippen molar-refractivity contribution in [1.29, 1.82) is 0 Å². The lowest BCUT2D eigenvalue weighted by molar-refractivity contribution is -0.132. The van der Waals surface area contributed by atoms with Gasteiger partial charge >= 0.3 is 5.97 Å². The van der Waals surface area contributed by atoms with Crippen molar-refractivity contribution < 1.29 is 19.4 Å². The minimum absolute atomic E-state index is 0.0793. The summed E-state index contributed by atoms with van der Waals surface area (Å²) in [5.41, 5.74) is 1.24. The van der Waals surface area contributed by atoms with E-state index in [2.05, 4.69) is 5.10 Å². The van der Waals surface area contributed by atoms with Crippen LogP contribution in [0.15, 0.2) is 36.7 Å². The summed E-state index contributed by atoms with van der Waals surface area (Å²) in [4.78, 5) is 25.6. The third-order valence-corrected chi connectivity index (χ3v) is 5.19. The van der Waals surface area contributed by atoms with Crippen LogP contribution in [-0.4, -0.2) is 51.9 Å². The van der Waals surface area contributed by atoms with Crippen LogP contribution in [-0.2, 0) is 4.79 Å². The predicted molar refractivity (Wildman–Crippen MR) is 100 cm³/mol. The molecule has 1 fully saturated rings. The summed E-state index contributed by atoms with van der Waals surface area (Å²) >= 11 is 0.